The van der Waals surface area contributed by atoms with E-state index in [9.17, 15) is 9.59 Å². The molecule has 1 heterocycles. The van der Waals surface area contributed by atoms with Crippen LogP contribution in [-0.4, -0.2) is 44.4 Å². The molecule has 1 aliphatic heterocycles. The minimum atomic E-state index is -0.826. The molecule has 0 spiro atoms. The van der Waals surface area contributed by atoms with Crippen molar-refractivity contribution in [3.8, 4) is 5.75 Å². The first-order valence-corrected chi connectivity index (χ1v) is 7.96. The quantitative estimate of drug-likeness (QED) is 0.454. The first-order chi connectivity index (χ1) is 11.1. The van der Waals surface area contributed by atoms with Crippen LogP contribution in [0.4, 0.5) is 0 Å². The van der Waals surface area contributed by atoms with Gasteiger partial charge in [-0.15, -0.1) is 0 Å². The van der Waals surface area contributed by atoms with Crippen LogP contribution < -0.4 is 15.5 Å². The first-order valence-electron chi connectivity index (χ1n) is 7.16. The number of ether oxygens (including phenoxy) is 2. The maximum Gasteiger partial charge on any atom is 0.329 e. The molecule has 2 rings (SSSR count). The number of nitrogens with zero attached hydrogens (tertiary/aromatic N) is 1. The Kier molecular flexibility index (Phi) is 6.54. The van der Waals surface area contributed by atoms with Crippen LogP contribution in [0.15, 0.2) is 27.8 Å². The molecule has 7 nitrogen and oxygen atoms in total. The highest BCUT2D eigenvalue weighted by Gasteiger charge is 2.18. The van der Waals surface area contributed by atoms with E-state index in [4.69, 9.17) is 9.47 Å². The molecule has 0 aromatic heterocycles. The molecule has 1 atom stereocenters. The van der Waals surface area contributed by atoms with Crippen molar-refractivity contribution in [2.45, 2.75) is 18.9 Å². The lowest BCUT2D eigenvalue weighted by Crippen LogP contribution is -2.41. The van der Waals surface area contributed by atoms with E-state index in [1.54, 1.807) is 12.1 Å². The van der Waals surface area contributed by atoms with Crippen molar-refractivity contribution in [3.63, 3.8) is 0 Å². The molecule has 2 amide bonds. The van der Waals surface area contributed by atoms with Gasteiger partial charge in [-0.05, 0) is 31.0 Å². The van der Waals surface area contributed by atoms with Crippen LogP contribution in [-0.2, 0) is 14.3 Å². The highest BCUT2D eigenvalue weighted by Crippen LogP contribution is 2.21. The Morgan fingerprint density at radius 2 is 2.30 bits per heavy atom. The number of carbonyl (C=O) groups is 2. The van der Waals surface area contributed by atoms with Crippen molar-refractivity contribution >= 4 is 34.0 Å². The fourth-order valence-corrected chi connectivity index (χ4v) is 2.49. The fraction of sp³-hybridized carbons (Fsp3) is 0.400. The smallest absolute Gasteiger partial charge is 0.329 e. The van der Waals surface area contributed by atoms with Crippen LogP contribution in [0.3, 0.4) is 0 Å². The van der Waals surface area contributed by atoms with E-state index < -0.39 is 11.8 Å². The van der Waals surface area contributed by atoms with Crippen molar-refractivity contribution in [1.82, 2.24) is 10.7 Å². The van der Waals surface area contributed by atoms with E-state index in [0.717, 1.165) is 17.3 Å². The summed E-state index contributed by atoms with van der Waals surface area (Å²) in [5.74, 6) is -0.957. The summed E-state index contributed by atoms with van der Waals surface area (Å²) in [6, 6.07) is 5.38. The Morgan fingerprint density at radius 1 is 1.48 bits per heavy atom. The van der Waals surface area contributed by atoms with Crippen LogP contribution in [0.25, 0.3) is 0 Å². The third-order valence-electron chi connectivity index (χ3n) is 3.28. The highest BCUT2D eigenvalue weighted by molar-refractivity contribution is 9.10. The lowest BCUT2D eigenvalue weighted by molar-refractivity contribution is -0.139. The number of benzene rings is 1. The average Bonchev–Trinajstić information content (AvgIpc) is 3.06. The van der Waals surface area contributed by atoms with Crippen LogP contribution in [0, 0.1) is 0 Å². The van der Waals surface area contributed by atoms with Gasteiger partial charge in [0.25, 0.3) is 0 Å². The normalized spacial score (nSPS) is 17.2. The highest BCUT2D eigenvalue weighted by atomic mass is 79.9. The Balaban J connectivity index is 1.83. The number of carbonyl (C=O) groups excluding carboxylic acids is 2. The number of halogens is 1. The second-order valence-corrected chi connectivity index (χ2v) is 5.85. The van der Waals surface area contributed by atoms with Crippen LogP contribution in [0.2, 0.25) is 0 Å². The maximum absolute atomic E-state index is 11.6. The predicted molar refractivity (Wildman–Crippen MR) is 88.4 cm³/mol. The monoisotopic (exact) mass is 383 g/mol. The fourth-order valence-electron chi connectivity index (χ4n) is 2.11. The molecule has 1 aliphatic rings. The second-order valence-electron chi connectivity index (χ2n) is 4.93. The maximum atomic E-state index is 11.6. The molecule has 0 bridgehead atoms. The minimum Gasteiger partial charge on any atom is -0.496 e. The molecule has 23 heavy (non-hydrogen) atoms. The number of amides is 2. The van der Waals surface area contributed by atoms with Crippen LogP contribution in [0.1, 0.15) is 18.4 Å². The summed E-state index contributed by atoms with van der Waals surface area (Å²) in [4.78, 5) is 23.3. The van der Waals surface area contributed by atoms with E-state index in [2.05, 4.69) is 31.8 Å². The van der Waals surface area contributed by atoms with Crippen molar-refractivity contribution in [2.75, 3.05) is 20.3 Å². The molecule has 2 N–H and O–H groups in total. The van der Waals surface area contributed by atoms with Crippen molar-refractivity contribution in [2.24, 2.45) is 5.10 Å². The zero-order valence-corrected chi connectivity index (χ0v) is 14.3. The van der Waals surface area contributed by atoms with Gasteiger partial charge in [-0.2, -0.15) is 5.10 Å². The molecule has 8 heteroatoms. The van der Waals surface area contributed by atoms with Crippen molar-refractivity contribution < 1.29 is 19.1 Å². The van der Waals surface area contributed by atoms with Gasteiger partial charge in [-0.25, -0.2) is 5.43 Å². The zero-order valence-electron chi connectivity index (χ0n) is 12.7. The molecule has 1 saturated heterocycles. The average molecular weight is 384 g/mol. The molecule has 124 valence electrons. The summed E-state index contributed by atoms with van der Waals surface area (Å²) < 4.78 is 11.4. The van der Waals surface area contributed by atoms with Gasteiger partial charge in [0.15, 0.2) is 0 Å². The predicted octanol–water partition coefficient (Wildman–Crippen LogP) is 1.20. The summed E-state index contributed by atoms with van der Waals surface area (Å²) in [7, 11) is 1.54. The third kappa shape index (κ3) is 5.33. The van der Waals surface area contributed by atoms with Gasteiger partial charge in [-0.1, -0.05) is 15.9 Å². The zero-order chi connectivity index (χ0) is 16.7. The van der Waals surface area contributed by atoms with E-state index in [0.29, 0.717) is 24.5 Å². The van der Waals surface area contributed by atoms with Gasteiger partial charge in [0.2, 0.25) is 0 Å². The summed E-state index contributed by atoms with van der Waals surface area (Å²) >= 11 is 3.34. The van der Waals surface area contributed by atoms with Gasteiger partial charge >= 0.3 is 11.8 Å². The topological polar surface area (TPSA) is 89.0 Å². The van der Waals surface area contributed by atoms with Crippen molar-refractivity contribution in [1.29, 1.82) is 0 Å². The molecular formula is C15H18BrN3O4. The molecule has 0 radical (unpaired) electrons. The molecule has 1 aromatic rings. The molecule has 0 aliphatic carbocycles. The van der Waals surface area contributed by atoms with Gasteiger partial charge in [0.05, 0.1) is 19.4 Å². The molecule has 0 unspecified atom stereocenters. The SMILES string of the molecule is COc1ccc(Br)cc1/C=N\NC(=O)C(=O)NC[C@H]1CCCO1. The number of nitrogens with one attached hydrogen (secondary N) is 2. The van der Waals surface area contributed by atoms with Gasteiger partial charge in [0, 0.05) is 23.2 Å². The Bertz CT molecular complexity index is 600. The minimum absolute atomic E-state index is 0.0128. The number of rotatable bonds is 5. The van der Waals surface area contributed by atoms with Crippen LogP contribution in [0.5, 0.6) is 5.75 Å². The molecule has 1 fully saturated rings. The summed E-state index contributed by atoms with van der Waals surface area (Å²) in [6.45, 7) is 1.03. The second kappa shape index (κ2) is 8.64. The van der Waals surface area contributed by atoms with Crippen molar-refractivity contribution in [3.05, 3.63) is 28.2 Å². The summed E-state index contributed by atoms with van der Waals surface area (Å²) in [6.07, 6.45) is 3.27. The van der Waals surface area contributed by atoms with Gasteiger partial charge in [0.1, 0.15) is 5.75 Å². The van der Waals surface area contributed by atoms with Gasteiger partial charge in [-0.3, -0.25) is 9.59 Å². The lowest BCUT2D eigenvalue weighted by Gasteiger charge is -2.09. The molecular weight excluding hydrogens is 366 g/mol. The number of hydrazone groups is 1. The summed E-state index contributed by atoms with van der Waals surface area (Å²) in [5.41, 5.74) is 2.85. The van der Waals surface area contributed by atoms with Crippen LogP contribution >= 0.6 is 15.9 Å². The van der Waals surface area contributed by atoms with E-state index in [1.165, 1.54) is 13.3 Å². The largest absolute Gasteiger partial charge is 0.496 e. The third-order valence-corrected chi connectivity index (χ3v) is 3.78. The summed E-state index contributed by atoms with van der Waals surface area (Å²) in [5, 5.41) is 6.30. The van der Waals surface area contributed by atoms with Gasteiger partial charge < -0.3 is 14.8 Å². The van der Waals surface area contributed by atoms with E-state index in [1.807, 2.05) is 6.07 Å². The Hall–Kier alpha value is -1.93. The Morgan fingerprint density at radius 3 is 3.00 bits per heavy atom. The molecule has 0 saturated carbocycles. The standard InChI is InChI=1S/C15H18BrN3O4/c1-22-13-5-4-11(16)7-10(13)8-18-19-15(21)14(20)17-9-12-3-2-6-23-12/h4-5,7-8,12H,2-3,6,9H2,1H3,(H,17,20)(H,19,21)/b18-8-/t12-/m1/s1. The van der Waals surface area contributed by atoms with E-state index >= 15 is 0 Å². The van der Waals surface area contributed by atoms with E-state index in [-0.39, 0.29) is 6.10 Å². The number of methoxy groups -OCH3 is 1. The Labute approximate surface area is 142 Å². The first kappa shape index (κ1) is 17.4. The number of hydrogen-bond acceptors (Lipinski definition) is 5. The lowest BCUT2D eigenvalue weighted by atomic mass is 10.2. The molecule has 1 aromatic carbocycles. The number of hydrogen-bond donors (Lipinski definition) is 2.